The number of rotatable bonds is 8. The SMILES string of the molecule is CCc1ccc(C(Cc2nnc(CNC(C)=O)o2)NC(N)=O)cc1-c1ccc(Cl)cc1. The normalized spacial score (nSPS) is 11.7. The zero-order valence-corrected chi connectivity index (χ0v) is 18.1. The lowest BCUT2D eigenvalue weighted by atomic mass is 9.92. The van der Waals surface area contributed by atoms with Crippen LogP contribution in [0.25, 0.3) is 11.1 Å². The van der Waals surface area contributed by atoms with Crippen LogP contribution in [0.2, 0.25) is 5.02 Å². The van der Waals surface area contributed by atoms with Crippen molar-refractivity contribution >= 4 is 23.5 Å². The van der Waals surface area contributed by atoms with Crippen molar-refractivity contribution in [1.82, 2.24) is 20.8 Å². The largest absolute Gasteiger partial charge is 0.423 e. The Bertz CT molecular complexity index is 1070. The summed E-state index contributed by atoms with van der Waals surface area (Å²) in [6, 6.07) is 12.5. The summed E-state index contributed by atoms with van der Waals surface area (Å²) >= 11 is 6.04. The number of urea groups is 1. The van der Waals surface area contributed by atoms with Crippen LogP contribution in [0.4, 0.5) is 4.79 Å². The summed E-state index contributed by atoms with van der Waals surface area (Å²) < 4.78 is 5.60. The van der Waals surface area contributed by atoms with Gasteiger partial charge in [-0.3, -0.25) is 4.79 Å². The maximum Gasteiger partial charge on any atom is 0.312 e. The first-order valence-electron chi connectivity index (χ1n) is 9.86. The molecule has 0 aliphatic heterocycles. The standard InChI is InChI=1S/C22H24ClN5O3/c1-3-14-4-5-16(10-18(14)15-6-8-17(23)9-7-15)19(26-22(24)30)11-20-27-28-21(31-20)12-25-13(2)29/h4-10,19H,3,11-12H2,1-2H3,(H,25,29)(H3,24,26,30). The Labute approximate surface area is 185 Å². The van der Waals surface area contributed by atoms with E-state index in [9.17, 15) is 9.59 Å². The zero-order valence-electron chi connectivity index (χ0n) is 17.3. The molecule has 1 unspecified atom stereocenters. The molecule has 0 bridgehead atoms. The van der Waals surface area contributed by atoms with Gasteiger partial charge in [-0.1, -0.05) is 42.8 Å². The predicted molar refractivity (Wildman–Crippen MR) is 117 cm³/mol. The van der Waals surface area contributed by atoms with Crippen molar-refractivity contribution in [2.45, 2.75) is 39.3 Å². The molecule has 0 radical (unpaired) electrons. The van der Waals surface area contributed by atoms with Crippen LogP contribution in [0.15, 0.2) is 46.9 Å². The Kier molecular flexibility index (Phi) is 7.25. The first kappa shape index (κ1) is 22.3. The maximum absolute atomic E-state index is 11.7. The molecule has 1 heterocycles. The number of nitrogens with one attached hydrogen (secondary N) is 2. The molecular formula is C22H24ClN5O3. The number of amides is 3. The number of hydrogen-bond acceptors (Lipinski definition) is 5. The zero-order chi connectivity index (χ0) is 22.4. The summed E-state index contributed by atoms with van der Waals surface area (Å²) in [7, 11) is 0. The molecule has 4 N–H and O–H groups in total. The average Bonchev–Trinajstić information content (AvgIpc) is 3.19. The molecule has 3 rings (SSSR count). The number of aromatic nitrogens is 2. The molecule has 1 aromatic heterocycles. The third kappa shape index (κ3) is 6.05. The number of halogens is 1. The van der Waals surface area contributed by atoms with E-state index in [2.05, 4.69) is 27.8 Å². The minimum atomic E-state index is -0.657. The van der Waals surface area contributed by atoms with Crippen molar-refractivity contribution in [1.29, 1.82) is 0 Å². The van der Waals surface area contributed by atoms with Gasteiger partial charge in [0.25, 0.3) is 0 Å². The van der Waals surface area contributed by atoms with Gasteiger partial charge in [0.2, 0.25) is 17.7 Å². The molecule has 2 aromatic carbocycles. The number of benzene rings is 2. The van der Waals surface area contributed by atoms with E-state index in [1.165, 1.54) is 12.5 Å². The molecule has 3 amide bonds. The van der Waals surface area contributed by atoms with E-state index < -0.39 is 12.1 Å². The first-order valence-corrected chi connectivity index (χ1v) is 10.2. The molecule has 0 saturated carbocycles. The Morgan fingerprint density at radius 2 is 1.84 bits per heavy atom. The van der Waals surface area contributed by atoms with Crippen LogP contribution in [0.1, 0.15) is 42.8 Å². The molecule has 0 aliphatic rings. The van der Waals surface area contributed by atoms with Gasteiger partial charge in [0, 0.05) is 11.9 Å². The predicted octanol–water partition coefficient (Wildman–Crippen LogP) is 3.54. The summed E-state index contributed by atoms with van der Waals surface area (Å²) in [4.78, 5) is 22.7. The van der Waals surface area contributed by atoms with Gasteiger partial charge in [-0.25, -0.2) is 4.79 Å². The van der Waals surface area contributed by atoms with Crippen molar-refractivity contribution in [2.75, 3.05) is 0 Å². The molecule has 8 nitrogen and oxygen atoms in total. The summed E-state index contributed by atoms with van der Waals surface area (Å²) in [5.74, 6) is 0.414. The second-order valence-corrected chi connectivity index (χ2v) is 7.48. The minimum absolute atomic E-state index is 0.141. The van der Waals surface area contributed by atoms with Gasteiger partial charge in [-0.2, -0.15) is 0 Å². The van der Waals surface area contributed by atoms with Gasteiger partial charge < -0.3 is 20.8 Å². The van der Waals surface area contributed by atoms with Crippen molar-refractivity contribution in [3.8, 4) is 11.1 Å². The van der Waals surface area contributed by atoms with E-state index in [1.54, 1.807) is 0 Å². The highest BCUT2D eigenvalue weighted by molar-refractivity contribution is 6.30. The van der Waals surface area contributed by atoms with E-state index in [0.717, 1.165) is 23.1 Å². The molecule has 0 fully saturated rings. The molecule has 1 atom stereocenters. The highest BCUT2D eigenvalue weighted by Crippen LogP contribution is 2.30. The molecule has 0 aliphatic carbocycles. The van der Waals surface area contributed by atoms with E-state index in [-0.39, 0.29) is 24.8 Å². The fourth-order valence-corrected chi connectivity index (χ4v) is 3.38. The van der Waals surface area contributed by atoms with Gasteiger partial charge in [-0.05, 0) is 46.9 Å². The third-order valence-corrected chi connectivity index (χ3v) is 5.02. The molecule has 31 heavy (non-hydrogen) atoms. The van der Waals surface area contributed by atoms with Crippen molar-refractivity contribution in [2.24, 2.45) is 5.73 Å². The number of carbonyl (C=O) groups is 2. The number of primary amides is 1. The Balaban J connectivity index is 1.90. The quantitative estimate of drug-likeness (QED) is 0.493. The van der Waals surface area contributed by atoms with E-state index in [1.807, 2.05) is 42.5 Å². The Morgan fingerprint density at radius 3 is 2.48 bits per heavy atom. The van der Waals surface area contributed by atoms with Crippen LogP contribution in [-0.2, 0) is 24.2 Å². The smallest absolute Gasteiger partial charge is 0.312 e. The average molecular weight is 442 g/mol. The van der Waals surface area contributed by atoms with Gasteiger partial charge >= 0.3 is 6.03 Å². The molecule has 0 spiro atoms. The van der Waals surface area contributed by atoms with Crippen LogP contribution in [0.5, 0.6) is 0 Å². The topological polar surface area (TPSA) is 123 Å². The maximum atomic E-state index is 11.7. The minimum Gasteiger partial charge on any atom is -0.423 e. The molecule has 0 saturated heterocycles. The number of carbonyl (C=O) groups excluding carboxylic acids is 2. The number of hydrogen-bond donors (Lipinski definition) is 3. The van der Waals surface area contributed by atoms with Crippen LogP contribution < -0.4 is 16.4 Å². The van der Waals surface area contributed by atoms with Crippen molar-refractivity contribution in [3.05, 3.63) is 70.4 Å². The summed E-state index contributed by atoms with van der Waals surface area (Å²) in [5, 5.41) is 14.0. The van der Waals surface area contributed by atoms with Crippen LogP contribution in [0.3, 0.4) is 0 Å². The lowest BCUT2D eigenvalue weighted by Gasteiger charge is -2.19. The molecule has 3 aromatic rings. The van der Waals surface area contributed by atoms with Crippen LogP contribution in [0, 0.1) is 0 Å². The number of nitrogens with zero attached hydrogens (tertiary/aromatic N) is 2. The van der Waals surface area contributed by atoms with Crippen molar-refractivity contribution in [3.63, 3.8) is 0 Å². The van der Waals surface area contributed by atoms with Gasteiger partial charge in [0.1, 0.15) is 0 Å². The highest BCUT2D eigenvalue weighted by Gasteiger charge is 2.19. The van der Waals surface area contributed by atoms with Gasteiger partial charge in [0.15, 0.2) is 0 Å². The Morgan fingerprint density at radius 1 is 1.13 bits per heavy atom. The monoisotopic (exact) mass is 441 g/mol. The second-order valence-electron chi connectivity index (χ2n) is 7.04. The molecule has 162 valence electrons. The fraction of sp³-hybridized carbons (Fsp3) is 0.273. The third-order valence-electron chi connectivity index (χ3n) is 4.76. The van der Waals surface area contributed by atoms with Crippen LogP contribution in [-0.4, -0.2) is 22.1 Å². The molecular weight excluding hydrogens is 418 g/mol. The van der Waals surface area contributed by atoms with E-state index >= 15 is 0 Å². The highest BCUT2D eigenvalue weighted by atomic mass is 35.5. The lowest BCUT2D eigenvalue weighted by Crippen LogP contribution is -2.34. The fourth-order valence-electron chi connectivity index (χ4n) is 3.26. The first-order chi connectivity index (χ1) is 14.9. The second kappa shape index (κ2) is 10.1. The van der Waals surface area contributed by atoms with E-state index in [4.69, 9.17) is 21.8 Å². The Hall–Kier alpha value is -3.39. The summed E-state index contributed by atoms with van der Waals surface area (Å²) in [6.45, 7) is 3.63. The number of nitrogens with two attached hydrogens (primary N) is 1. The lowest BCUT2D eigenvalue weighted by molar-refractivity contribution is -0.119. The van der Waals surface area contributed by atoms with Crippen molar-refractivity contribution < 1.29 is 14.0 Å². The summed E-state index contributed by atoms with van der Waals surface area (Å²) in [5.41, 5.74) is 9.50. The van der Waals surface area contributed by atoms with Crippen LogP contribution >= 0.6 is 11.6 Å². The van der Waals surface area contributed by atoms with Gasteiger partial charge in [0.05, 0.1) is 19.0 Å². The van der Waals surface area contributed by atoms with Gasteiger partial charge in [-0.15, -0.1) is 10.2 Å². The summed E-state index contributed by atoms with van der Waals surface area (Å²) in [6.07, 6.45) is 1.10. The molecule has 9 heteroatoms. The van der Waals surface area contributed by atoms with E-state index in [0.29, 0.717) is 10.9 Å². The number of aryl methyl sites for hydroxylation is 1.